The highest BCUT2D eigenvalue weighted by Crippen LogP contribution is 2.27. The molecule has 4 heteroatoms. The van der Waals surface area contributed by atoms with Crippen LogP contribution in [-0.2, 0) is 0 Å². The maximum absolute atomic E-state index is 5.99. The van der Waals surface area contributed by atoms with Gasteiger partial charge in [-0.3, -0.25) is 5.10 Å². The first-order valence-corrected chi connectivity index (χ1v) is 17.8. The maximum Gasteiger partial charge on any atom is 0.119 e. The van der Waals surface area contributed by atoms with Gasteiger partial charge in [-0.05, 0) is 73.0 Å². The van der Waals surface area contributed by atoms with Gasteiger partial charge in [0.2, 0.25) is 0 Å². The molecule has 1 heterocycles. The molecule has 4 nitrogen and oxygen atoms in total. The summed E-state index contributed by atoms with van der Waals surface area (Å²) in [6, 6.07) is 18.8. The highest BCUT2D eigenvalue weighted by Gasteiger charge is 2.07. The Hall–Kier alpha value is -2.75. The molecule has 0 saturated heterocycles. The summed E-state index contributed by atoms with van der Waals surface area (Å²) in [5, 5.41) is 7.76. The molecule has 0 bridgehead atoms. The van der Waals surface area contributed by atoms with E-state index in [0.717, 1.165) is 60.1 Å². The van der Waals surface area contributed by atoms with Crippen molar-refractivity contribution in [3.8, 4) is 34.0 Å². The van der Waals surface area contributed by atoms with Crippen molar-refractivity contribution in [3.63, 3.8) is 0 Å². The summed E-state index contributed by atoms with van der Waals surface area (Å²) in [5.41, 5.74) is 4.15. The van der Waals surface area contributed by atoms with Crippen LogP contribution in [0, 0.1) is 0 Å². The number of hydrogen-bond donors (Lipinski definition) is 1. The van der Waals surface area contributed by atoms with Gasteiger partial charge in [-0.2, -0.15) is 5.10 Å². The Morgan fingerprint density at radius 3 is 1.26 bits per heavy atom. The minimum atomic E-state index is 0.793. The molecule has 1 N–H and O–H groups in total. The molecule has 0 saturated carbocycles. The van der Waals surface area contributed by atoms with Crippen molar-refractivity contribution in [1.29, 1.82) is 0 Å². The van der Waals surface area contributed by atoms with E-state index in [1.165, 1.54) is 116 Å². The molecule has 3 aromatic rings. The molecule has 1 aromatic heterocycles. The number of aromatic amines is 1. The van der Waals surface area contributed by atoms with Crippen LogP contribution >= 0.6 is 0 Å². The Balaban J connectivity index is 1.27. The van der Waals surface area contributed by atoms with Crippen molar-refractivity contribution in [2.24, 2.45) is 0 Å². The smallest absolute Gasteiger partial charge is 0.119 e. The third kappa shape index (κ3) is 15.0. The molecule has 0 amide bonds. The molecule has 0 radical (unpaired) electrons. The number of aromatic nitrogens is 2. The molecular weight excluding hydrogens is 528 g/mol. The van der Waals surface area contributed by atoms with E-state index in [4.69, 9.17) is 9.47 Å². The Morgan fingerprint density at radius 1 is 0.465 bits per heavy atom. The van der Waals surface area contributed by atoms with E-state index >= 15 is 0 Å². The first kappa shape index (κ1) is 34.7. The van der Waals surface area contributed by atoms with Crippen LogP contribution in [0.5, 0.6) is 11.5 Å². The van der Waals surface area contributed by atoms with Crippen LogP contribution in [0.2, 0.25) is 0 Å². The minimum absolute atomic E-state index is 0.793. The van der Waals surface area contributed by atoms with E-state index < -0.39 is 0 Å². The van der Waals surface area contributed by atoms with E-state index in [9.17, 15) is 0 Å². The van der Waals surface area contributed by atoms with E-state index in [1.54, 1.807) is 0 Å². The van der Waals surface area contributed by atoms with Gasteiger partial charge in [-0.15, -0.1) is 0 Å². The van der Waals surface area contributed by atoms with Crippen LogP contribution < -0.4 is 9.47 Å². The topological polar surface area (TPSA) is 47.1 Å². The Kier molecular flexibility index (Phi) is 18.4. The molecule has 0 aliphatic carbocycles. The summed E-state index contributed by atoms with van der Waals surface area (Å²) >= 11 is 0. The Morgan fingerprint density at radius 2 is 0.837 bits per heavy atom. The van der Waals surface area contributed by atoms with Crippen molar-refractivity contribution in [3.05, 3.63) is 54.6 Å². The second-order valence-corrected chi connectivity index (χ2v) is 12.3. The zero-order valence-corrected chi connectivity index (χ0v) is 27.5. The largest absolute Gasteiger partial charge is 0.494 e. The van der Waals surface area contributed by atoms with Gasteiger partial charge in [-0.25, -0.2) is 0 Å². The standard InChI is InChI=1S/C39H60N2O2/c1-3-5-7-9-11-13-15-17-19-21-31-42-36-27-23-34(24-28-36)38-33-39(41-40-38)35-25-29-37(30-26-35)43-32-22-20-18-16-14-12-10-8-6-4-2/h23-30,33H,3-22,31-32H2,1-2H3,(H,40,41). The van der Waals surface area contributed by atoms with Crippen LogP contribution in [0.25, 0.3) is 22.5 Å². The normalized spacial score (nSPS) is 11.2. The van der Waals surface area contributed by atoms with Gasteiger partial charge in [0.15, 0.2) is 0 Å². The molecule has 238 valence electrons. The third-order valence-corrected chi connectivity index (χ3v) is 8.43. The quantitative estimate of drug-likeness (QED) is 0.0949. The first-order chi connectivity index (χ1) is 21.3. The van der Waals surface area contributed by atoms with Crippen molar-refractivity contribution in [1.82, 2.24) is 10.2 Å². The highest BCUT2D eigenvalue weighted by molar-refractivity contribution is 5.68. The molecule has 0 fully saturated rings. The number of nitrogens with zero attached hydrogens (tertiary/aromatic N) is 1. The molecule has 2 aromatic carbocycles. The van der Waals surface area contributed by atoms with Crippen molar-refractivity contribution in [2.75, 3.05) is 13.2 Å². The minimum Gasteiger partial charge on any atom is -0.494 e. The predicted molar refractivity (Wildman–Crippen MR) is 184 cm³/mol. The fourth-order valence-corrected chi connectivity index (χ4v) is 5.63. The second-order valence-electron chi connectivity index (χ2n) is 12.3. The number of hydrogen-bond acceptors (Lipinski definition) is 3. The lowest BCUT2D eigenvalue weighted by molar-refractivity contribution is 0.304. The first-order valence-electron chi connectivity index (χ1n) is 17.8. The molecule has 0 aliphatic rings. The van der Waals surface area contributed by atoms with E-state index in [0.29, 0.717) is 0 Å². The molecule has 43 heavy (non-hydrogen) atoms. The lowest BCUT2D eigenvalue weighted by Gasteiger charge is -2.07. The number of unbranched alkanes of at least 4 members (excludes halogenated alkanes) is 18. The SMILES string of the molecule is CCCCCCCCCCCCOc1ccc(-c2cc(-c3ccc(OCCCCCCCCCCCC)cc3)[nH]n2)cc1. The van der Waals surface area contributed by atoms with Crippen molar-refractivity contribution in [2.45, 2.75) is 142 Å². The van der Waals surface area contributed by atoms with Crippen LogP contribution in [0.1, 0.15) is 142 Å². The maximum atomic E-state index is 5.99. The molecule has 3 rings (SSSR count). The Bertz CT molecular complexity index is 974. The number of nitrogens with one attached hydrogen (secondary N) is 1. The number of H-pyrrole nitrogens is 1. The van der Waals surface area contributed by atoms with Gasteiger partial charge in [0.25, 0.3) is 0 Å². The third-order valence-electron chi connectivity index (χ3n) is 8.43. The summed E-state index contributed by atoms with van der Waals surface area (Å²) < 4.78 is 12.0. The summed E-state index contributed by atoms with van der Waals surface area (Å²) in [6.45, 7) is 6.15. The highest BCUT2D eigenvalue weighted by atomic mass is 16.5. The van der Waals surface area contributed by atoms with Crippen LogP contribution in [0.4, 0.5) is 0 Å². The monoisotopic (exact) mass is 588 g/mol. The molecule has 0 aliphatic heterocycles. The average molecular weight is 589 g/mol. The fraction of sp³-hybridized carbons (Fsp3) is 0.615. The number of rotatable bonds is 26. The van der Waals surface area contributed by atoms with Crippen molar-refractivity contribution >= 4 is 0 Å². The average Bonchev–Trinajstić information content (AvgIpc) is 3.53. The summed E-state index contributed by atoms with van der Waals surface area (Å²) in [6.07, 6.45) is 26.8. The summed E-state index contributed by atoms with van der Waals surface area (Å²) in [5.74, 6) is 1.87. The summed E-state index contributed by atoms with van der Waals surface area (Å²) in [4.78, 5) is 0. The Labute approximate surface area is 263 Å². The van der Waals surface area contributed by atoms with Crippen molar-refractivity contribution < 1.29 is 9.47 Å². The van der Waals surface area contributed by atoms with Gasteiger partial charge >= 0.3 is 0 Å². The molecule has 0 spiro atoms. The molecule has 0 unspecified atom stereocenters. The molecule has 0 atom stereocenters. The van der Waals surface area contributed by atoms with Crippen LogP contribution in [0.15, 0.2) is 54.6 Å². The van der Waals surface area contributed by atoms with Crippen LogP contribution in [-0.4, -0.2) is 23.4 Å². The van der Waals surface area contributed by atoms with E-state index in [2.05, 4.69) is 78.6 Å². The van der Waals surface area contributed by atoms with Gasteiger partial charge in [0.1, 0.15) is 11.5 Å². The second kappa shape index (κ2) is 22.7. The summed E-state index contributed by atoms with van der Waals surface area (Å²) in [7, 11) is 0. The molecular formula is C39H60N2O2. The lowest BCUT2D eigenvalue weighted by Crippen LogP contribution is -1.97. The van der Waals surface area contributed by atoms with Gasteiger partial charge in [0, 0.05) is 5.56 Å². The zero-order chi connectivity index (χ0) is 30.2. The number of benzene rings is 2. The lowest BCUT2D eigenvalue weighted by atomic mass is 10.1. The van der Waals surface area contributed by atoms with E-state index in [1.807, 2.05) is 0 Å². The van der Waals surface area contributed by atoms with Gasteiger partial charge in [0.05, 0.1) is 24.6 Å². The zero-order valence-electron chi connectivity index (χ0n) is 27.5. The van der Waals surface area contributed by atoms with Crippen LogP contribution in [0.3, 0.4) is 0 Å². The fourth-order valence-electron chi connectivity index (χ4n) is 5.63. The van der Waals surface area contributed by atoms with Gasteiger partial charge in [-0.1, -0.05) is 129 Å². The predicted octanol–water partition coefficient (Wildman–Crippen LogP) is 12.3. The van der Waals surface area contributed by atoms with Gasteiger partial charge < -0.3 is 9.47 Å². The van der Waals surface area contributed by atoms with E-state index in [-0.39, 0.29) is 0 Å². The number of ether oxygens (including phenoxy) is 2.